The lowest BCUT2D eigenvalue weighted by atomic mass is 9.75. The van der Waals surface area contributed by atoms with Crippen molar-refractivity contribution in [3.63, 3.8) is 0 Å². The van der Waals surface area contributed by atoms with E-state index >= 15 is 0 Å². The van der Waals surface area contributed by atoms with Gasteiger partial charge in [0.25, 0.3) is 11.6 Å². The maximum atomic E-state index is 14.1. The van der Waals surface area contributed by atoms with Crippen molar-refractivity contribution in [2.24, 2.45) is 0 Å². The molecule has 4 rings (SSSR count). The van der Waals surface area contributed by atoms with Crippen LogP contribution in [0.5, 0.6) is 0 Å². The Morgan fingerprint density at radius 3 is 2.00 bits per heavy atom. The minimum absolute atomic E-state index is 0.0667. The zero-order valence-corrected chi connectivity index (χ0v) is 23.5. The van der Waals surface area contributed by atoms with E-state index in [1.165, 1.54) is 0 Å². The maximum Gasteiger partial charge on any atom is 0.491 e. The van der Waals surface area contributed by atoms with Gasteiger partial charge in [0, 0.05) is 30.1 Å². The summed E-state index contributed by atoms with van der Waals surface area (Å²) in [5.74, 6) is -5.89. The molecule has 1 aliphatic carbocycles. The van der Waals surface area contributed by atoms with Gasteiger partial charge in [0.2, 0.25) is 5.91 Å². The Morgan fingerprint density at radius 1 is 0.933 bits per heavy atom. The van der Waals surface area contributed by atoms with Crippen LogP contribution < -0.4 is 16.0 Å². The van der Waals surface area contributed by atoms with E-state index in [0.717, 1.165) is 24.5 Å². The fourth-order valence-corrected chi connectivity index (χ4v) is 5.41. The number of nitrogens with one attached hydrogen (secondary N) is 3. The number of hydrogen-bond donors (Lipinski definition) is 3. The van der Waals surface area contributed by atoms with Crippen molar-refractivity contribution in [3.8, 4) is 0 Å². The molecule has 2 amide bonds. The summed E-state index contributed by atoms with van der Waals surface area (Å²) in [6.45, 7) is -0.487. The molecule has 1 atom stereocenters. The summed E-state index contributed by atoms with van der Waals surface area (Å²) in [4.78, 5) is 37.0. The SMILES string of the molecule is CS(=O)(=O)c1ccc2c(c1)CNC2(OC(=O)C(F)(F)F)C(=O)Nc1ccc(C(CC(=O)NC2CC2)(C(F)(F)F)C(F)(F)F)cc1. The number of esters is 1. The number of rotatable bonds is 8. The van der Waals surface area contributed by atoms with E-state index in [9.17, 15) is 62.3 Å². The van der Waals surface area contributed by atoms with E-state index in [4.69, 9.17) is 0 Å². The maximum absolute atomic E-state index is 14.1. The Kier molecular flexibility index (Phi) is 8.45. The summed E-state index contributed by atoms with van der Waals surface area (Å²) in [5, 5.41) is 6.34. The topological polar surface area (TPSA) is 131 Å². The number of ether oxygens (including phenoxy) is 1. The van der Waals surface area contributed by atoms with Crippen molar-refractivity contribution >= 4 is 33.3 Å². The number of sulfone groups is 1. The summed E-state index contributed by atoms with van der Waals surface area (Å²) >= 11 is 0. The second-order valence-electron chi connectivity index (χ2n) is 10.5. The molecule has 0 radical (unpaired) electrons. The molecular formula is C26H22F9N3O6S. The van der Waals surface area contributed by atoms with Crippen LogP contribution >= 0.6 is 0 Å². The zero-order valence-electron chi connectivity index (χ0n) is 22.7. The van der Waals surface area contributed by atoms with Gasteiger partial charge in [-0.05, 0) is 48.2 Å². The highest BCUT2D eigenvalue weighted by Crippen LogP contribution is 2.54. The van der Waals surface area contributed by atoms with E-state index in [2.05, 4.69) is 15.4 Å². The molecule has 2 aliphatic rings. The van der Waals surface area contributed by atoms with Crippen LogP contribution in [-0.2, 0) is 46.6 Å². The number of benzene rings is 2. The van der Waals surface area contributed by atoms with E-state index in [0.29, 0.717) is 37.1 Å². The number of anilines is 1. The lowest BCUT2D eigenvalue weighted by molar-refractivity contribution is -0.303. The Morgan fingerprint density at radius 2 is 1.51 bits per heavy atom. The molecule has 0 saturated heterocycles. The third kappa shape index (κ3) is 6.58. The van der Waals surface area contributed by atoms with Gasteiger partial charge in [-0.1, -0.05) is 18.2 Å². The van der Waals surface area contributed by atoms with Crippen molar-refractivity contribution in [2.75, 3.05) is 11.6 Å². The van der Waals surface area contributed by atoms with Crippen LogP contribution in [0, 0.1) is 0 Å². The first-order chi connectivity index (χ1) is 20.5. The summed E-state index contributed by atoms with van der Waals surface area (Å²) in [6, 6.07) is 4.14. The smallest absolute Gasteiger partial charge is 0.423 e. The predicted octanol–water partition coefficient (Wildman–Crippen LogP) is 4.12. The Balaban J connectivity index is 1.71. The molecule has 1 fully saturated rings. The summed E-state index contributed by atoms with van der Waals surface area (Å²) in [6.07, 6.45) is -18.1. The Hall–Kier alpha value is -3.87. The predicted molar refractivity (Wildman–Crippen MR) is 135 cm³/mol. The van der Waals surface area contributed by atoms with Crippen LogP contribution in [0.4, 0.5) is 45.2 Å². The largest absolute Gasteiger partial charge is 0.491 e. The first-order valence-electron chi connectivity index (χ1n) is 12.7. The molecule has 9 nitrogen and oxygen atoms in total. The quantitative estimate of drug-likeness (QED) is 0.284. The van der Waals surface area contributed by atoms with E-state index < -0.39 is 93.1 Å². The number of alkyl halides is 9. The van der Waals surface area contributed by atoms with Crippen molar-refractivity contribution in [2.45, 2.75) is 66.4 Å². The highest BCUT2D eigenvalue weighted by molar-refractivity contribution is 7.90. The number of carbonyl (C=O) groups excluding carboxylic acids is 3. The van der Waals surface area contributed by atoms with Crippen LogP contribution in [0.3, 0.4) is 0 Å². The lowest BCUT2D eigenvalue weighted by Crippen LogP contribution is -2.56. The van der Waals surface area contributed by atoms with Crippen molar-refractivity contribution in [3.05, 3.63) is 59.2 Å². The summed E-state index contributed by atoms with van der Waals surface area (Å²) in [5.41, 5.74) is -10.0. The molecular weight excluding hydrogens is 653 g/mol. The van der Waals surface area contributed by atoms with E-state index in [-0.39, 0.29) is 10.5 Å². The average Bonchev–Trinajstić information content (AvgIpc) is 3.63. The van der Waals surface area contributed by atoms with Crippen molar-refractivity contribution in [1.82, 2.24) is 10.6 Å². The molecule has 3 N–H and O–H groups in total. The van der Waals surface area contributed by atoms with Gasteiger partial charge in [-0.3, -0.25) is 14.9 Å². The van der Waals surface area contributed by atoms with Gasteiger partial charge in [-0.2, -0.15) is 39.5 Å². The molecule has 246 valence electrons. The van der Waals surface area contributed by atoms with Crippen LogP contribution in [0.1, 0.15) is 36.0 Å². The second kappa shape index (κ2) is 11.2. The Bertz CT molecular complexity index is 1600. The van der Waals surface area contributed by atoms with Gasteiger partial charge >= 0.3 is 24.5 Å². The van der Waals surface area contributed by atoms with E-state index in [1.54, 1.807) is 0 Å². The fraction of sp³-hybridized carbons (Fsp3) is 0.423. The van der Waals surface area contributed by atoms with Gasteiger partial charge in [0.1, 0.15) is 0 Å². The molecule has 1 aliphatic heterocycles. The number of amides is 2. The highest BCUT2D eigenvalue weighted by atomic mass is 32.2. The van der Waals surface area contributed by atoms with Crippen molar-refractivity contribution < 1.29 is 67.1 Å². The van der Waals surface area contributed by atoms with Gasteiger partial charge in [0.15, 0.2) is 15.3 Å². The van der Waals surface area contributed by atoms with Crippen LogP contribution in [0.25, 0.3) is 0 Å². The van der Waals surface area contributed by atoms with Gasteiger partial charge in [-0.25, -0.2) is 13.2 Å². The number of fused-ring (bicyclic) bond motifs is 1. The zero-order chi connectivity index (χ0) is 33.8. The monoisotopic (exact) mass is 675 g/mol. The van der Waals surface area contributed by atoms with Crippen molar-refractivity contribution in [1.29, 1.82) is 0 Å². The lowest BCUT2D eigenvalue weighted by Gasteiger charge is -2.37. The average molecular weight is 676 g/mol. The molecule has 1 saturated carbocycles. The molecule has 2 aromatic rings. The first-order valence-corrected chi connectivity index (χ1v) is 14.6. The first kappa shape index (κ1) is 34.0. The molecule has 2 aromatic carbocycles. The number of hydrogen-bond acceptors (Lipinski definition) is 7. The fourth-order valence-electron chi connectivity index (χ4n) is 4.74. The third-order valence-corrected chi connectivity index (χ3v) is 8.29. The number of carbonyl (C=O) groups is 3. The number of halogens is 9. The van der Waals surface area contributed by atoms with Gasteiger partial charge in [0.05, 0.1) is 11.3 Å². The second-order valence-corrected chi connectivity index (χ2v) is 12.5. The standard InChI is InChI=1S/C26H22F9N3O6S/c1-45(42,43)17-8-9-18-13(10-17)12-36-23(18,44-21(41)24(27,28)29)20(40)38-16-4-2-14(3-5-16)22(25(30,31)32,26(33,34)35)11-19(39)37-15-6-7-15/h2-5,8-10,15,36H,6-7,11-12H2,1H3,(H,37,39)(H,38,40). The molecule has 0 aromatic heterocycles. The minimum Gasteiger partial charge on any atom is -0.423 e. The Labute approximate surface area is 248 Å². The molecule has 19 heteroatoms. The summed E-state index contributed by atoms with van der Waals surface area (Å²) in [7, 11) is -3.83. The molecule has 0 spiro atoms. The van der Waals surface area contributed by atoms with Crippen LogP contribution in [0.2, 0.25) is 0 Å². The molecule has 45 heavy (non-hydrogen) atoms. The molecule has 0 bridgehead atoms. The molecule has 1 heterocycles. The third-order valence-electron chi connectivity index (χ3n) is 7.18. The molecule has 1 unspecified atom stereocenters. The highest BCUT2D eigenvalue weighted by Gasteiger charge is 2.72. The minimum atomic E-state index is -6.02. The van der Waals surface area contributed by atoms with Gasteiger partial charge < -0.3 is 15.4 Å². The summed E-state index contributed by atoms with van der Waals surface area (Å²) < 4.78 is 153. The van der Waals surface area contributed by atoms with Crippen LogP contribution in [-0.4, -0.2) is 57.0 Å². The van der Waals surface area contributed by atoms with Gasteiger partial charge in [-0.15, -0.1) is 0 Å². The van der Waals surface area contributed by atoms with E-state index in [1.807, 2.05) is 5.32 Å². The van der Waals surface area contributed by atoms with Crippen LogP contribution in [0.15, 0.2) is 47.4 Å². The normalized spacial score (nSPS) is 19.1.